The molecule has 0 heterocycles. The average Bonchev–Trinajstić information content (AvgIpc) is 2.22. The molecule has 1 aromatic rings. The van der Waals surface area contributed by atoms with Gasteiger partial charge in [-0.1, -0.05) is 24.3 Å². The van der Waals surface area contributed by atoms with Crippen LogP contribution in [0.25, 0.3) is 0 Å². The van der Waals surface area contributed by atoms with Crippen LogP contribution in [0.1, 0.15) is 12.8 Å². The number of para-hydroxylation sites is 2. The minimum absolute atomic E-state index is 0.244. The molecule has 1 rings (SSSR count). The molecule has 0 amide bonds. The number of hydrogen-bond donors (Lipinski definition) is 2. The summed E-state index contributed by atoms with van der Waals surface area (Å²) in [5, 5.41) is 12.8. The van der Waals surface area contributed by atoms with E-state index in [-0.39, 0.29) is 11.8 Å². The second-order valence-corrected chi connectivity index (χ2v) is 3.41. The predicted octanol–water partition coefficient (Wildman–Crippen LogP) is 3.32. The summed E-state index contributed by atoms with van der Waals surface area (Å²) < 4.78 is 0. The van der Waals surface area contributed by atoms with Gasteiger partial charge in [0, 0.05) is 6.04 Å². The average molecular weight is 203 g/mol. The summed E-state index contributed by atoms with van der Waals surface area (Å²) in [6.07, 6.45) is 5.42. The second kappa shape index (κ2) is 5.91. The van der Waals surface area contributed by atoms with Crippen LogP contribution in [-0.2, 0) is 0 Å². The van der Waals surface area contributed by atoms with Gasteiger partial charge in [0.15, 0.2) is 0 Å². The number of aromatic hydroxyl groups is 1. The molecule has 1 aromatic carbocycles. The fourth-order valence-corrected chi connectivity index (χ4v) is 1.43. The van der Waals surface area contributed by atoms with Crippen LogP contribution in [0.3, 0.4) is 0 Å². The summed E-state index contributed by atoms with van der Waals surface area (Å²) >= 11 is 0. The molecule has 0 atom stereocenters. The Kier molecular flexibility index (Phi) is 4.48. The first kappa shape index (κ1) is 11.4. The molecule has 0 saturated carbocycles. The van der Waals surface area contributed by atoms with E-state index in [0.29, 0.717) is 0 Å². The van der Waals surface area contributed by atoms with Gasteiger partial charge in [0.25, 0.3) is 0 Å². The Morgan fingerprint density at radius 2 is 1.80 bits per heavy atom. The third kappa shape index (κ3) is 3.50. The molecule has 0 aliphatic carbocycles. The van der Waals surface area contributed by atoms with Crippen molar-refractivity contribution in [2.24, 2.45) is 0 Å². The number of benzene rings is 1. The van der Waals surface area contributed by atoms with E-state index in [1.807, 2.05) is 24.3 Å². The highest BCUT2D eigenvalue weighted by molar-refractivity contribution is 5.55. The summed E-state index contributed by atoms with van der Waals surface area (Å²) in [4.78, 5) is 0. The zero-order valence-corrected chi connectivity index (χ0v) is 8.82. The van der Waals surface area contributed by atoms with Gasteiger partial charge in [0.05, 0.1) is 5.69 Å². The lowest BCUT2D eigenvalue weighted by atomic mass is 10.1. The summed E-state index contributed by atoms with van der Waals surface area (Å²) in [5.74, 6) is 0.274. The van der Waals surface area contributed by atoms with E-state index in [1.54, 1.807) is 12.1 Å². The molecule has 2 nitrogen and oxygen atoms in total. The van der Waals surface area contributed by atoms with Crippen LogP contribution >= 0.6 is 0 Å². The Bertz CT molecular complexity index is 323. The predicted molar refractivity (Wildman–Crippen MR) is 65.1 cm³/mol. The fourth-order valence-electron chi connectivity index (χ4n) is 1.43. The van der Waals surface area contributed by atoms with E-state index < -0.39 is 0 Å². The van der Waals surface area contributed by atoms with Crippen molar-refractivity contribution >= 4 is 5.69 Å². The minimum Gasteiger partial charge on any atom is -0.506 e. The highest BCUT2D eigenvalue weighted by atomic mass is 16.3. The summed E-state index contributed by atoms with van der Waals surface area (Å²) in [6, 6.07) is 7.46. The van der Waals surface area contributed by atoms with Crippen molar-refractivity contribution in [3.63, 3.8) is 0 Å². The maximum absolute atomic E-state index is 9.58. The van der Waals surface area contributed by atoms with Gasteiger partial charge in [-0.05, 0) is 25.0 Å². The number of phenols is 1. The van der Waals surface area contributed by atoms with Crippen molar-refractivity contribution in [2.75, 3.05) is 5.32 Å². The van der Waals surface area contributed by atoms with Gasteiger partial charge in [0.2, 0.25) is 0 Å². The summed E-state index contributed by atoms with van der Waals surface area (Å²) in [7, 11) is 0. The van der Waals surface area contributed by atoms with Gasteiger partial charge >= 0.3 is 0 Å². The maximum Gasteiger partial charge on any atom is 0.138 e. The SMILES string of the molecule is C=CCC(CC=C)Nc1ccccc1O. The van der Waals surface area contributed by atoms with Gasteiger partial charge in [-0.15, -0.1) is 13.2 Å². The standard InChI is InChI=1S/C13H17NO/c1-3-7-11(8-4-2)14-12-9-5-6-10-13(12)15/h3-6,9-11,14-15H,1-2,7-8H2. The molecule has 80 valence electrons. The van der Waals surface area contributed by atoms with Crippen molar-refractivity contribution < 1.29 is 5.11 Å². The highest BCUT2D eigenvalue weighted by Gasteiger charge is 2.06. The van der Waals surface area contributed by atoms with Crippen LogP contribution in [0.5, 0.6) is 5.75 Å². The van der Waals surface area contributed by atoms with Gasteiger partial charge in [0.1, 0.15) is 5.75 Å². The van der Waals surface area contributed by atoms with E-state index in [2.05, 4.69) is 18.5 Å². The van der Waals surface area contributed by atoms with Crippen LogP contribution in [0.4, 0.5) is 5.69 Å². The van der Waals surface area contributed by atoms with Crippen LogP contribution < -0.4 is 5.32 Å². The van der Waals surface area contributed by atoms with E-state index in [4.69, 9.17) is 0 Å². The molecule has 2 heteroatoms. The Labute approximate surface area is 91.0 Å². The van der Waals surface area contributed by atoms with Crippen molar-refractivity contribution in [1.29, 1.82) is 0 Å². The minimum atomic E-state index is 0.244. The largest absolute Gasteiger partial charge is 0.506 e. The van der Waals surface area contributed by atoms with Gasteiger partial charge in [-0.2, -0.15) is 0 Å². The third-order valence-electron chi connectivity index (χ3n) is 2.17. The maximum atomic E-state index is 9.58. The zero-order chi connectivity index (χ0) is 11.1. The van der Waals surface area contributed by atoms with Gasteiger partial charge in [-0.25, -0.2) is 0 Å². The molecule has 0 aliphatic heterocycles. The molecular weight excluding hydrogens is 186 g/mol. The molecule has 0 radical (unpaired) electrons. The quantitative estimate of drug-likeness (QED) is 0.549. The lowest BCUT2D eigenvalue weighted by Gasteiger charge is -2.17. The highest BCUT2D eigenvalue weighted by Crippen LogP contribution is 2.23. The second-order valence-electron chi connectivity index (χ2n) is 3.41. The number of anilines is 1. The number of phenolic OH excluding ortho intramolecular Hbond substituents is 1. The first-order chi connectivity index (χ1) is 7.27. The molecular formula is C13H17NO. The van der Waals surface area contributed by atoms with Crippen LogP contribution in [-0.4, -0.2) is 11.1 Å². The molecule has 0 aliphatic rings. The number of nitrogens with one attached hydrogen (secondary N) is 1. The summed E-state index contributed by atoms with van der Waals surface area (Å²) in [5.41, 5.74) is 0.756. The Morgan fingerprint density at radius 1 is 1.20 bits per heavy atom. The molecule has 0 unspecified atom stereocenters. The molecule has 0 fully saturated rings. The lowest BCUT2D eigenvalue weighted by molar-refractivity contribution is 0.476. The normalized spacial score (nSPS) is 9.93. The smallest absolute Gasteiger partial charge is 0.138 e. The number of hydrogen-bond acceptors (Lipinski definition) is 2. The topological polar surface area (TPSA) is 32.3 Å². The van der Waals surface area contributed by atoms with Gasteiger partial charge in [-0.3, -0.25) is 0 Å². The van der Waals surface area contributed by atoms with Crippen LogP contribution in [0, 0.1) is 0 Å². The first-order valence-corrected chi connectivity index (χ1v) is 5.04. The Hall–Kier alpha value is -1.70. The molecule has 0 aromatic heterocycles. The van der Waals surface area contributed by atoms with E-state index >= 15 is 0 Å². The van der Waals surface area contributed by atoms with Crippen molar-refractivity contribution in [3.8, 4) is 5.75 Å². The molecule has 0 bridgehead atoms. The zero-order valence-electron chi connectivity index (χ0n) is 8.82. The molecule has 0 saturated heterocycles. The van der Waals surface area contributed by atoms with E-state index in [9.17, 15) is 5.11 Å². The molecule has 2 N–H and O–H groups in total. The van der Waals surface area contributed by atoms with Crippen molar-refractivity contribution in [1.82, 2.24) is 0 Å². The first-order valence-electron chi connectivity index (χ1n) is 5.04. The lowest BCUT2D eigenvalue weighted by Crippen LogP contribution is -2.17. The van der Waals surface area contributed by atoms with Crippen LogP contribution in [0.2, 0.25) is 0 Å². The Balaban J connectivity index is 2.68. The third-order valence-corrected chi connectivity index (χ3v) is 2.17. The van der Waals surface area contributed by atoms with Crippen molar-refractivity contribution in [3.05, 3.63) is 49.6 Å². The Morgan fingerprint density at radius 3 is 2.33 bits per heavy atom. The van der Waals surface area contributed by atoms with Crippen molar-refractivity contribution in [2.45, 2.75) is 18.9 Å². The van der Waals surface area contributed by atoms with E-state index in [1.165, 1.54) is 0 Å². The molecule has 0 spiro atoms. The fraction of sp³-hybridized carbons (Fsp3) is 0.231. The monoisotopic (exact) mass is 203 g/mol. The van der Waals surface area contributed by atoms with E-state index in [0.717, 1.165) is 18.5 Å². The number of rotatable bonds is 6. The molecule has 15 heavy (non-hydrogen) atoms. The summed E-state index contributed by atoms with van der Waals surface area (Å²) in [6.45, 7) is 7.42. The van der Waals surface area contributed by atoms with Gasteiger partial charge < -0.3 is 10.4 Å². The van der Waals surface area contributed by atoms with Crippen LogP contribution in [0.15, 0.2) is 49.6 Å².